The van der Waals surface area contributed by atoms with Crippen molar-refractivity contribution in [2.24, 2.45) is 0 Å². The lowest BCUT2D eigenvalue weighted by atomic mass is 9.94. The lowest BCUT2D eigenvalue weighted by Crippen LogP contribution is -2.11. The first-order chi connectivity index (χ1) is 8.29. The largest absolute Gasteiger partial charge is 0.485 e. The Kier molecular flexibility index (Phi) is 2.09. The van der Waals surface area contributed by atoms with E-state index in [9.17, 15) is 0 Å². The number of hydrogen-bond acceptors (Lipinski definition) is 3. The van der Waals surface area contributed by atoms with Crippen molar-refractivity contribution in [2.45, 2.75) is 13.0 Å². The van der Waals surface area contributed by atoms with Crippen LogP contribution in [0.5, 0.6) is 5.75 Å². The van der Waals surface area contributed by atoms with Gasteiger partial charge < -0.3 is 4.74 Å². The van der Waals surface area contributed by atoms with Crippen LogP contribution in [0, 0.1) is 11.3 Å². The third-order valence-corrected chi connectivity index (χ3v) is 2.99. The van der Waals surface area contributed by atoms with Crippen molar-refractivity contribution < 1.29 is 4.74 Å². The van der Waals surface area contributed by atoms with Crippen LogP contribution in [0.25, 0.3) is 11.1 Å². The van der Waals surface area contributed by atoms with E-state index < -0.39 is 0 Å². The van der Waals surface area contributed by atoms with Gasteiger partial charge in [-0.2, -0.15) is 5.26 Å². The minimum absolute atomic E-state index is 0.000800. The molecule has 0 radical (unpaired) electrons. The number of benzene rings is 1. The van der Waals surface area contributed by atoms with Crippen LogP contribution in [0.1, 0.15) is 24.2 Å². The molecular weight excluding hydrogens is 212 g/mol. The molecule has 0 saturated heterocycles. The van der Waals surface area contributed by atoms with Gasteiger partial charge in [0.2, 0.25) is 0 Å². The molecule has 0 saturated carbocycles. The summed E-state index contributed by atoms with van der Waals surface area (Å²) in [7, 11) is 0. The Morgan fingerprint density at radius 3 is 3.00 bits per heavy atom. The number of rotatable bonds is 0. The monoisotopic (exact) mass is 222 g/mol. The summed E-state index contributed by atoms with van der Waals surface area (Å²) >= 11 is 0. The molecule has 0 bridgehead atoms. The third-order valence-electron chi connectivity index (χ3n) is 2.99. The third kappa shape index (κ3) is 1.46. The first-order valence-corrected chi connectivity index (χ1v) is 5.44. The number of hydrogen-bond donors (Lipinski definition) is 0. The molecular formula is C14H10N2O. The Hall–Kier alpha value is -2.34. The van der Waals surface area contributed by atoms with Gasteiger partial charge in [0.15, 0.2) is 0 Å². The molecule has 3 heteroatoms. The van der Waals surface area contributed by atoms with Gasteiger partial charge in [-0.3, -0.25) is 4.98 Å². The highest BCUT2D eigenvalue weighted by Crippen LogP contribution is 2.41. The van der Waals surface area contributed by atoms with E-state index in [4.69, 9.17) is 10.00 Å². The van der Waals surface area contributed by atoms with E-state index in [1.165, 1.54) is 0 Å². The molecule has 0 fully saturated rings. The van der Waals surface area contributed by atoms with E-state index in [2.05, 4.69) is 11.1 Å². The maximum absolute atomic E-state index is 8.94. The van der Waals surface area contributed by atoms with Gasteiger partial charge in [0.1, 0.15) is 11.9 Å². The summed E-state index contributed by atoms with van der Waals surface area (Å²) in [6, 6.07) is 9.61. The van der Waals surface area contributed by atoms with Crippen molar-refractivity contribution in [1.29, 1.82) is 5.26 Å². The molecule has 1 aliphatic rings. The van der Waals surface area contributed by atoms with Gasteiger partial charge >= 0.3 is 0 Å². The summed E-state index contributed by atoms with van der Waals surface area (Å²) in [6.45, 7) is 2.00. The highest BCUT2D eigenvalue weighted by Gasteiger charge is 2.22. The average molecular weight is 222 g/mol. The second-order valence-electron chi connectivity index (χ2n) is 4.05. The molecule has 0 N–H and O–H groups in total. The summed E-state index contributed by atoms with van der Waals surface area (Å²) in [6.07, 6.45) is 3.58. The van der Waals surface area contributed by atoms with Gasteiger partial charge in [-0.25, -0.2) is 0 Å². The summed E-state index contributed by atoms with van der Waals surface area (Å²) in [5.74, 6) is 0.829. The summed E-state index contributed by atoms with van der Waals surface area (Å²) in [4.78, 5) is 4.12. The Morgan fingerprint density at radius 2 is 2.18 bits per heavy atom. The van der Waals surface area contributed by atoms with Crippen molar-refractivity contribution in [3.8, 4) is 22.9 Å². The molecule has 3 rings (SSSR count). The number of nitriles is 1. The predicted molar refractivity (Wildman–Crippen MR) is 63.4 cm³/mol. The van der Waals surface area contributed by atoms with Gasteiger partial charge in [-0.1, -0.05) is 0 Å². The van der Waals surface area contributed by atoms with Crippen molar-refractivity contribution in [1.82, 2.24) is 4.98 Å². The van der Waals surface area contributed by atoms with E-state index >= 15 is 0 Å². The van der Waals surface area contributed by atoms with Gasteiger partial charge in [-0.05, 0) is 36.8 Å². The Bertz CT molecular complexity index is 628. The van der Waals surface area contributed by atoms with Crippen molar-refractivity contribution in [2.75, 3.05) is 0 Å². The molecule has 0 amide bonds. The fraction of sp³-hybridized carbons (Fsp3) is 0.143. The minimum Gasteiger partial charge on any atom is -0.485 e. The van der Waals surface area contributed by atoms with Gasteiger partial charge in [0, 0.05) is 23.5 Å². The molecule has 3 nitrogen and oxygen atoms in total. The highest BCUT2D eigenvalue weighted by molar-refractivity contribution is 5.76. The molecule has 0 spiro atoms. The Labute approximate surface area is 99.3 Å². The molecule has 17 heavy (non-hydrogen) atoms. The molecule has 1 atom stereocenters. The number of nitrogens with zero attached hydrogens (tertiary/aromatic N) is 2. The highest BCUT2D eigenvalue weighted by atomic mass is 16.5. The van der Waals surface area contributed by atoms with E-state index in [-0.39, 0.29) is 6.10 Å². The lowest BCUT2D eigenvalue weighted by Gasteiger charge is -2.25. The van der Waals surface area contributed by atoms with Gasteiger partial charge in [-0.15, -0.1) is 0 Å². The number of fused-ring (bicyclic) bond motifs is 3. The first kappa shape index (κ1) is 9.86. The standard InChI is InChI=1S/C14H10N2O/c1-9-13-8-16-5-4-11(13)12-6-10(7-15)2-3-14(12)17-9/h2-6,8-9H,1H3. The molecule has 1 aliphatic heterocycles. The second-order valence-corrected chi connectivity index (χ2v) is 4.05. The van der Waals surface area contributed by atoms with Crippen LogP contribution in [0.2, 0.25) is 0 Å². The smallest absolute Gasteiger partial charge is 0.128 e. The topological polar surface area (TPSA) is 45.9 Å². The van der Waals surface area contributed by atoms with E-state index in [1.807, 2.05) is 31.3 Å². The van der Waals surface area contributed by atoms with E-state index in [1.54, 1.807) is 12.3 Å². The van der Waals surface area contributed by atoms with Gasteiger partial charge in [0.05, 0.1) is 11.6 Å². The van der Waals surface area contributed by atoms with Crippen LogP contribution >= 0.6 is 0 Å². The molecule has 0 aliphatic carbocycles. The number of aromatic nitrogens is 1. The zero-order valence-electron chi connectivity index (χ0n) is 9.34. The Balaban J connectivity index is 2.28. The van der Waals surface area contributed by atoms with Crippen LogP contribution in [0.15, 0.2) is 36.7 Å². The minimum atomic E-state index is -0.000800. The molecule has 2 aromatic rings. The Morgan fingerprint density at radius 1 is 1.29 bits per heavy atom. The van der Waals surface area contributed by atoms with Crippen molar-refractivity contribution in [3.05, 3.63) is 47.8 Å². The molecule has 2 heterocycles. The summed E-state index contributed by atoms with van der Waals surface area (Å²) < 4.78 is 5.81. The number of pyridine rings is 1. The fourth-order valence-corrected chi connectivity index (χ4v) is 2.14. The second kappa shape index (κ2) is 3.60. The zero-order chi connectivity index (χ0) is 11.8. The number of ether oxygens (including phenoxy) is 1. The maximum atomic E-state index is 8.94. The summed E-state index contributed by atoms with van der Waals surface area (Å²) in [5, 5.41) is 8.94. The molecule has 1 aromatic carbocycles. The molecule has 1 aromatic heterocycles. The lowest BCUT2D eigenvalue weighted by molar-refractivity contribution is 0.223. The normalized spacial score (nSPS) is 16.4. The predicted octanol–water partition coefficient (Wildman–Crippen LogP) is 3.07. The maximum Gasteiger partial charge on any atom is 0.128 e. The average Bonchev–Trinajstić information content (AvgIpc) is 2.39. The summed E-state index contributed by atoms with van der Waals surface area (Å²) in [5.41, 5.74) is 3.78. The van der Waals surface area contributed by atoms with Gasteiger partial charge in [0.25, 0.3) is 0 Å². The van der Waals surface area contributed by atoms with Crippen LogP contribution < -0.4 is 4.74 Å². The van der Waals surface area contributed by atoms with E-state index in [0.29, 0.717) is 5.56 Å². The SMILES string of the molecule is CC1Oc2ccc(C#N)cc2-c2ccncc21. The first-order valence-electron chi connectivity index (χ1n) is 5.44. The van der Waals surface area contributed by atoms with E-state index in [0.717, 1.165) is 22.4 Å². The zero-order valence-corrected chi connectivity index (χ0v) is 9.34. The van der Waals surface area contributed by atoms with Crippen LogP contribution in [-0.2, 0) is 0 Å². The fourth-order valence-electron chi connectivity index (χ4n) is 2.14. The van der Waals surface area contributed by atoms with Crippen molar-refractivity contribution >= 4 is 0 Å². The quantitative estimate of drug-likeness (QED) is 0.688. The van der Waals surface area contributed by atoms with Crippen LogP contribution in [0.4, 0.5) is 0 Å². The van der Waals surface area contributed by atoms with Crippen LogP contribution in [0.3, 0.4) is 0 Å². The molecule has 82 valence electrons. The van der Waals surface area contributed by atoms with Crippen LogP contribution in [-0.4, -0.2) is 4.98 Å². The molecule has 1 unspecified atom stereocenters. The van der Waals surface area contributed by atoms with Crippen molar-refractivity contribution in [3.63, 3.8) is 0 Å².